The van der Waals surface area contributed by atoms with E-state index in [1.54, 1.807) is 21.3 Å². The molecule has 0 spiro atoms. The predicted molar refractivity (Wildman–Crippen MR) is 83.5 cm³/mol. The molecular weight excluding hydrogens is 276 g/mol. The molecule has 0 radical (unpaired) electrons. The number of thiocarbonyl (C=S) groups is 1. The minimum absolute atomic E-state index is 0.625. The topological polar surface area (TPSA) is 43.0 Å². The van der Waals surface area contributed by atoms with Gasteiger partial charge in [0.05, 0.1) is 20.8 Å². The predicted octanol–water partition coefficient (Wildman–Crippen LogP) is 1.66. The smallest absolute Gasteiger partial charge is 0.169 e. The van der Waals surface area contributed by atoms with Crippen molar-refractivity contribution in [2.24, 2.45) is 0 Å². The van der Waals surface area contributed by atoms with Gasteiger partial charge in [-0.25, -0.2) is 0 Å². The van der Waals surface area contributed by atoms with E-state index < -0.39 is 0 Å². The van der Waals surface area contributed by atoms with Gasteiger partial charge in [-0.2, -0.15) is 0 Å². The molecule has 20 heavy (non-hydrogen) atoms. The van der Waals surface area contributed by atoms with Crippen LogP contribution in [-0.4, -0.2) is 51.5 Å². The summed E-state index contributed by atoms with van der Waals surface area (Å²) >= 11 is 5.31. The zero-order chi connectivity index (χ0) is 15.0. The molecule has 0 fully saturated rings. The summed E-state index contributed by atoms with van der Waals surface area (Å²) in [5.41, 5.74) is 1.05. The summed E-state index contributed by atoms with van der Waals surface area (Å²) in [5.74, 6) is 1.56. The molecule has 1 N–H and O–H groups in total. The van der Waals surface area contributed by atoms with E-state index >= 15 is 0 Å². The molecule has 0 heterocycles. The van der Waals surface area contributed by atoms with Gasteiger partial charge in [0.15, 0.2) is 5.11 Å². The van der Waals surface area contributed by atoms with Crippen molar-refractivity contribution >= 4 is 17.3 Å². The first-order valence-electron chi connectivity index (χ1n) is 6.31. The molecule has 0 atom stereocenters. The quantitative estimate of drug-likeness (QED) is 0.610. The van der Waals surface area contributed by atoms with Gasteiger partial charge in [0.25, 0.3) is 0 Å². The number of rotatable bonds is 7. The van der Waals surface area contributed by atoms with Crippen molar-refractivity contribution in [3.63, 3.8) is 0 Å². The van der Waals surface area contributed by atoms with Crippen LogP contribution in [0.4, 0.5) is 0 Å². The molecule has 0 saturated carbocycles. The fraction of sp³-hybridized carbons (Fsp3) is 0.500. The zero-order valence-corrected chi connectivity index (χ0v) is 13.3. The summed E-state index contributed by atoms with van der Waals surface area (Å²) in [6, 6.07) is 5.75. The highest BCUT2D eigenvalue weighted by Gasteiger charge is 2.10. The van der Waals surface area contributed by atoms with Crippen molar-refractivity contribution < 1.29 is 14.2 Å². The maximum atomic E-state index is 5.38. The van der Waals surface area contributed by atoms with Crippen LogP contribution < -0.4 is 14.8 Å². The van der Waals surface area contributed by atoms with Crippen LogP contribution in [-0.2, 0) is 11.3 Å². The standard InChI is InChI=1S/C14H22N2O3S/c1-16(14(20)15-7-8-17-2)10-11-5-6-12(18-3)9-13(11)19-4/h5-6,9H,7-8,10H2,1-4H3,(H,15,20). The second-order valence-electron chi connectivity index (χ2n) is 4.26. The van der Waals surface area contributed by atoms with Gasteiger partial charge < -0.3 is 24.4 Å². The molecule has 112 valence electrons. The van der Waals surface area contributed by atoms with E-state index in [1.165, 1.54) is 0 Å². The summed E-state index contributed by atoms with van der Waals surface area (Å²) in [5, 5.41) is 3.81. The fourth-order valence-electron chi connectivity index (χ4n) is 1.70. The lowest BCUT2D eigenvalue weighted by Gasteiger charge is -2.22. The molecule has 0 aromatic heterocycles. The third-order valence-electron chi connectivity index (χ3n) is 2.83. The van der Waals surface area contributed by atoms with Crippen molar-refractivity contribution in [3.05, 3.63) is 23.8 Å². The van der Waals surface area contributed by atoms with Crippen molar-refractivity contribution in [3.8, 4) is 11.5 Å². The van der Waals surface area contributed by atoms with Gasteiger partial charge in [-0.15, -0.1) is 0 Å². The molecule has 1 aromatic carbocycles. The molecule has 5 nitrogen and oxygen atoms in total. The maximum absolute atomic E-state index is 5.38. The largest absolute Gasteiger partial charge is 0.497 e. The summed E-state index contributed by atoms with van der Waals surface area (Å²) in [6.45, 7) is 1.98. The lowest BCUT2D eigenvalue weighted by Crippen LogP contribution is -2.38. The monoisotopic (exact) mass is 298 g/mol. The van der Waals surface area contributed by atoms with E-state index in [0.717, 1.165) is 17.1 Å². The summed E-state index contributed by atoms with van der Waals surface area (Å²) in [6.07, 6.45) is 0. The van der Waals surface area contributed by atoms with E-state index in [-0.39, 0.29) is 0 Å². The highest BCUT2D eigenvalue weighted by Crippen LogP contribution is 2.25. The number of methoxy groups -OCH3 is 3. The highest BCUT2D eigenvalue weighted by molar-refractivity contribution is 7.80. The summed E-state index contributed by atoms with van der Waals surface area (Å²) in [7, 11) is 6.88. The Balaban J connectivity index is 2.65. The van der Waals surface area contributed by atoms with Gasteiger partial charge in [0.2, 0.25) is 0 Å². The average molecular weight is 298 g/mol. The SMILES string of the molecule is COCCNC(=S)N(C)Cc1ccc(OC)cc1OC. The Morgan fingerprint density at radius 1 is 1.25 bits per heavy atom. The van der Waals surface area contributed by atoms with Crippen LogP contribution in [0.15, 0.2) is 18.2 Å². The maximum Gasteiger partial charge on any atom is 0.169 e. The van der Waals surface area contributed by atoms with E-state index in [2.05, 4.69) is 5.32 Å². The van der Waals surface area contributed by atoms with Crippen molar-refractivity contribution in [2.45, 2.75) is 6.54 Å². The molecule has 0 aliphatic carbocycles. The summed E-state index contributed by atoms with van der Waals surface area (Å²) in [4.78, 5) is 1.95. The lowest BCUT2D eigenvalue weighted by molar-refractivity contribution is 0.203. The Labute approximate surface area is 125 Å². The van der Waals surface area contributed by atoms with Crippen LogP contribution in [0.25, 0.3) is 0 Å². The Morgan fingerprint density at radius 2 is 2.00 bits per heavy atom. The third-order valence-corrected chi connectivity index (χ3v) is 3.29. The Bertz CT molecular complexity index is 440. The van der Waals surface area contributed by atoms with Crippen LogP contribution in [0.5, 0.6) is 11.5 Å². The van der Waals surface area contributed by atoms with Gasteiger partial charge in [0, 0.05) is 38.9 Å². The Hall–Kier alpha value is -1.53. The van der Waals surface area contributed by atoms with Gasteiger partial charge in [-0.3, -0.25) is 0 Å². The molecule has 1 rings (SSSR count). The fourth-order valence-corrected chi connectivity index (χ4v) is 1.87. The van der Waals surface area contributed by atoms with Gasteiger partial charge >= 0.3 is 0 Å². The van der Waals surface area contributed by atoms with E-state index in [4.69, 9.17) is 26.4 Å². The molecule has 0 unspecified atom stereocenters. The van der Waals surface area contributed by atoms with Gasteiger partial charge in [0.1, 0.15) is 11.5 Å². The average Bonchev–Trinajstić information content (AvgIpc) is 2.47. The molecule has 0 aliphatic heterocycles. The van der Waals surface area contributed by atoms with E-state index in [0.29, 0.717) is 24.8 Å². The first-order chi connectivity index (χ1) is 9.62. The van der Waals surface area contributed by atoms with Crippen molar-refractivity contribution in [1.29, 1.82) is 0 Å². The second kappa shape index (κ2) is 8.60. The first kappa shape index (κ1) is 16.5. The molecule has 0 bridgehead atoms. The van der Waals surface area contributed by atoms with Crippen molar-refractivity contribution in [1.82, 2.24) is 10.2 Å². The number of hydrogen-bond acceptors (Lipinski definition) is 4. The van der Waals surface area contributed by atoms with Crippen LogP contribution in [0, 0.1) is 0 Å². The third kappa shape index (κ3) is 4.86. The molecular formula is C14H22N2O3S. The molecule has 0 amide bonds. The minimum atomic E-state index is 0.625. The lowest BCUT2D eigenvalue weighted by atomic mass is 10.2. The zero-order valence-electron chi connectivity index (χ0n) is 12.4. The van der Waals surface area contributed by atoms with Gasteiger partial charge in [-0.05, 0) is 24.4 Å². The minimum Gasteiger partial charge on any atom is -0.497 e. The summed E-state index contributed by atoms with van der Waals surface area (Å²) < 4.78 is 15.5. The van der Waals surface area contributed by atoms with Gasteiger partial charge in [-0.1, -0.05) is 0 Å². The Kier molecular flexibility index (Phi) is 7.11. The van der Waals surface area contributed by atoms with Crippen LogP contribution >= 0.6 is 12.2 Å². The number of nitrogens with one attached hydrogen (secondary N) is 1. The molecule has 0 saturated heterocycles. The normalized spacial score (nSPS) is 10.0. The number of hydrogen-bond donors (Lipinski definition) is 1. The van der Waals surface area contributed by atoms with Crippen molar-refractivity contribution in [2.75, 3.05) is 41.5 Å². The van der Waals surface area contributed by atoms with Crippen LogP contribution in [0.3, 0.4) is 0 Å². The Morgan fingerprint density at radius 3 is 2.60 bits per heavy atom. The van der Waals surface area contributed by atoms with Crippen LogP contribution in [0.1, 0.15) is 5.56 Å². The number of nitrogens with zero attached hydrogens (tertiary/aromatic N) is 1. The molecule has 6 heteroatoms. The highest BCUT2D eigenvalue weighted by atomic mass is 32.1. The number of ether oxygens (including phenoxy) is 3. The van der Waals surface area contributed by atoms with E-state index in [9.17, 15) is 0 Å². The molecule has 1 aromatic rings. The van der Waals surface area contributed by atoms with Crippen LogP contribution in [0.2, 0.25) is 0 Å². The second-order valence-corrected chi connectivity index (χ2v) is 4.65. The number of benzene rings is 1. The first-order valence-corrected chi connectivity index (χ1v) is 6.72. The molecule has 0 aliphatic rings. The van der Waals surface area contributed by atoms with E-state index in [1.807, 2.05) is 30.1 Å².